The summed E-state index contributed by atoms with van der Waals surface area (Å²) in [5.41, 5.74) is -2.40. The zero-order valence-corrected chi connectivity index (χ0v) is 16.1. The molecular formula is C19H14F6N6O. The van der Waals surface area contributed by atoms with Gasteiger partial charge in [0.15, 0.2) is 11.9 Å². The summed E-state index contributed by atoms with van der Waals surface area (Å²) in [7, 11) is 0. The lowest BCUT2D eigenvalue weighted by atomic mass is 10.2. The highest BCUT2D eigenvalue weighted by Crippen LogP contribution is 2.37. The maximum atomic E-state index is 14.0. The van der Waals surface area contributed by atoms with Crippen LogP contribution in [0.3, 0.4) is 0 Å². The summed E-state index contributed by atoms with van der Waals surface area (Å²) >= 11 is 0. The molecule has 0 saturated carbocycles. The van der Waals surface area contributed by atoms with Crippen LogP contribution in [0.5, 0.6) is 0 Å². The van der Waals surface area contributed by atoms with Gasteiger partial charge < -0.3 is 10.4 Å². The fraction of sp³-hybridized carbons (Fsp3) is 0.211. The molecule has 0 spiro atoms. The maximum absolute atomic E-state index is 14.0. The first-order valence-corrected chi connectivity index (χ1v) is 9.03. The number of aromatic nitrogens is 5. The molecule has 2 N–H and O–H groups in total. The van der Waals surface area contributed by atoms with Crippen molar-refractivity contribution in [1.29, 1.82) is 0 Å². The summed E-state index contributed by atoms with van der Waals surface area (Å²) in [6.07, 6.45) is -8.65. The summed E-state index contributed by atoms with van der Waals surface area (Å²) in [4.78, 5) is 3.17. The van der Waals surface area contributed by atoms with Gasteiger partial charge in [-0.15, -0.1) is 0 Å². The topological polar surface area (TPSA) is 80.3 Å². The molecule has 7 nitrogen and oxygen atoms in total. The SMILES string of the molecule is Cc1ccc(-n2ncc(C(O)Nc3ccnc(C(F)(F)F)c3)c2C(F)(F)F)c2ccnn12. The molecule has 0 aliphatic rings. The molecule has 1 unspecified atom stereocenters. The highest BCUT2D eigenvalue weighted by atomic mass is 19.4. The molecule has 4 aromatic rings. The summed E-state index contributed by atoms with van der Waals surface area (Å²) in [6.45, 7) is 1.72. The first-order chi connectivity index (χ1) is 15.0. The number of alkyl halides is 6. The highest BCUT2D eigenvalue weighted by molar-refractivity contribution is 5.65. The number of hydrogen-bond acceptors (Lipinski definition) is 5. The van der Waals surface area contributed by atoms with Gasteiger partial charge in [0, 0.05) is 17.6 Å². The van der Waals surface area contributed by atoms with Crippen molar-refractivity contribution in [2.24, 2.45) is 0 Å². The van der Waals surface area contributed by atoms with Crippen molar-refractivity contribution in [2.45, 2.75) is 25.5 Å². The molecule has 168 valence electrons. The van der Waals surface area contributed by atoms with E-state index in [1.165, 1.54) is 22.8 Å². The molecule has 13 heteroatoms. The van der Waals surface area contributed by atoms with E-state index >= 15 is 0 Å². The largest absolute Gasteiger partial charge is 0.433 e. The minimum atomic E-state index is -4.94. The third-order valence-corrected chi connectivity index (χ3v) is 4.66. The Morgan fingerprint density at radius 3 is 2.41 bits per heavy atom. The van der Waals surface area contributed by atoms with Gasteiger partial charge in [-0.3, -0.25) is 4.98 Å². The van der Waals surface area contributed by atoms with Crippen LogP contribution in [-0.4, -0.2) is 29.5 Å². The standard InChI is InChI=1S/C19H14F6N6O/c1-10-2-3-13(14-5-7-27-30(10)14)31-16(19(23,24)25)12(9-28-31)17(32)29-11-4-6-26-15(8-11)18(20,21)22/h2-9,17,32H,1H3,(H,26,29). The van der Waals surface area contributed by atoms with Crippen LogP contribution in [0.25, 0.3) is 11.2 Å². The number of anilines is 1. The number of hydrogen-bond donors (Lipinski definition) is 2. The number of aryl methyl sites for hydroxylation is 1. The number of nitrogens with zero attached hydrogens (tertiary/aromatic N) is 5. The average Bonchev–Trinajstić information content (AvgIpc) is 3.35. The van der Waals surface area contributed by atoms with E-state index in [2.05, 4.69) is 20.5 Å². The van der Waals surface area contributed by atoms with Gasteiger partial charge in [-0.25, -0.2) is 9.20 Å². The highest BCUT2D eigenvalue weighted by Gasteiger charge is 2.41. The number of aliphatic hydroxyl groups is 1. The Kier molecular flexibility index (Phi) is 5.07. The van der Waals surface area contributed by atoms with Crippen molar-refractivity contribution >= 4 is 11.2 Å². The minimum Gasteiger partial charge on any atom is -0.369 e. The van der Waals surface area contributed by atoms with Crippen molar-refractivity contribution < 1.29 is 31.4 Å². The van der Waals surface area contributed by atoms with E-state index in [4.69, 9.17) is 0 Å². The Labute approximate surface area is 175 Å². The molecule has 0 amide bonds. The molecule has 4 aromatic heterocycles. The van der Waals surface area contributed by atoms with Gasteiger partial charge >= 0.3 is 12.4 Å². The van der Waals surface area contributed by atoms with E-state index in [9.17, 15) is 31.4 Å². The molecule has 0 fully saturated rings. The van der Waals surface area contributed by atoms with Gasteiger partial charge in [-0.2, -0.15) is 36.5 Å². The zero-order valence-electron chi connectivity index (χ0n) is 16.1. The predicted molar refractivity (Wildman–Crippen MR) is 99.9 cm³/mol. The Morgan fingerprint density at radius 2 is 1.72 bits per heavy atom. The number of aliphatic hydroxyl groups excluding tert-OH is 1. The van der Waals surface area contributed by atoms with Crippen molar-refractivity contribution in [3.63, 3.8) is 0 Å². The van der Waals surface area contributed by atoms with Crippen molar-refractivity contribution in [3.8, 4) is 5.69 Å². The van der Waals surface area contributed by atoms with Crippen LogP contribution in [0.2, 0.25) is 0 Å². The number of halogens is 6. The van der Waals surface area contributed by atoms with Gasteiger partial charge in [0.2, 0.25) is 0 Å². The van der Waals surface area contributed by atoms with Crippen molar-refractivity contribution in [3.05, 3.63) is 71.6 Å². The molecule has 0 aliphatic heterocycles. The lowest BCUT2D eigenvalue weighted by molar-refractivity contribution is -0.144. The van der Waals surface area contributed by atoms with E-state index < -0.39 is 35.5 Å². The Hall–Kier alpha value is -3.61. The van der Waals surface area contributed by atoms with Crippen LogP contribution in [0.4, 0.5) is 32.0 Å². The molecule has 32 heavy (non-hydrogen) atoms. The van der Waals surface area contributed by atoms with E-state index in [1.54, 1.807) is 13.0 Å². The molecule has 0 aliphatic carbocycles. The van der Waals surface area contributed by atoms with Crippen LogP contribution in [0.15, 0.2) is 48.9 Å². The van der Waals surface area contributed by atoms with E-state index in [1.807, 2.05) is 0 Å². The normalized spacial score (nSPS) is 13.5. The molecule has 4 rings (SSSR count). The second kappa shape index (κ2) is 7.51. The first kappa shape index (κ1) is 21.6. The maximum Gasteiger partial charge on any atom is 0.433 e. The van der Waals surface area contributed by atoms with E-state index in [0.717, 1.165) is 18.5 Å². The van der Waals surface area contributed by atoms with Crippen molar-refractivity contribution in [2.75, 3.05) is 5.32 Å². The van der Waals surface area contributed by atoms with Gasteiger partial charge in [0.1, 0.15) is 5.69 Å². The molecule has 1 atom stereocenters. The number of fused-ring (bicyclic) bond motifs is 1. The third kappa shape index (κ3) is 3.86. The molecule has 4 heterocycles. The summed E-state index contributed by atoms with van der Waals surface area (Å²) in [6, 6.07) is 6.16. The lowest BCUT2D eigenvalue weighted by Gasteiger charge is -2.18. The number of nitrogens with one attached hydrogen (secondary N) is 1. The monoisotopic (exact) mass is 456 g/mol. The Morgan fingerprint density at radius 1 is 0.969 bits per heavy atom. The summed E-state index contributed by atoms with van der Waals surface area (Å²) in [5.74, 6) is 0. The number of rotatable bonds is 4. The number of pyridine rings is 2. The molecule has 0 bridgehead atoms. The lowest BCUT2D eigenvalue weighted by Crippen LogP contribution is -2.20. The van der Waals surface area contributed by atoms with E-state index in [-0.39, 0.29) is 11.4 Å². The third-order valence-electron chi connectivity index (χ3n) is 4.66. The van der Waals surface area contributed by atoms with Crippen LogP contribution in [-0.2, 0) is 12.4 Å². The molecular weight excluding hydrogens is 442 g/mol. The van der Waals surface area contributed by atoms with Crippen LogP contribution in [0.1, 0.15) is 28.9 Å². The van der Waals surface area contributed by atoms with Gasteiger partial charge in [0.25, 0.3) is 0 Å². The van der Waals surface area contributed by atoms with Crippen molar-refractivity contribution in [1.82, 2.24) is 24.4 Å². The fourth-order valence-corrected chi connectivity index (χ4v) is 3.25. The van der Waals surface area contributed by atoms with E-state index in [0.29, 0.717) is 22.0 Å². The fourth-order valence-electron chi connectivity index (χ4n) is 3.25. The predicted octanol–water partition coefficient (Wildman–Crippen LogP) is 4.36. The molecule has 0 aromatic carbocycles. The smallest absolute Gasteiger partial charge is 0.369 e. The summed E-state index contributed by atoms with van der Waals surface area (Å²) in [5, 5.41) is 20.5. The minimum absolute atomic E-state index is 0.0575. The quantitative estimate of drug-likeness (QED) is 0.352. The molecule has 0 radical (unpaired) electrons. The van der Waals surface area contributed by atoms with Gasteiger partial charge in [0.05, 0.1) is 29.2 Å². The zero-order chi connectivity index (χ0) is 23.3. The Bertz CT molecular complexity index is 1280. The summed E-state index contributed by atoms with van der Waals surface area (Å²) < 4.78 is 82.5. The van der Waals surface area contributed by atoms with Gasteiger partial charge in [-0.1, -0.05) is 0 Å². The van der Waals surface area contributed by atoms with Crippen LogP contribution >= 0.6 is 0 Å². The second-order valence-corrected chi connectivity index (χ2v) is 6.82. The first-order valence-electron chi connectivity index (χ1n) is 9.03. The molecule has 0 saturated heterocycles. The average molecular weight is 456 g/mol. The van der Waals surface area contributed by atoms with Crippen LogP contribution in [0, 0.1) is 6.92 Å². The Balaban J connectivity index is 1.77. The second-order valence-electron chi connectivity index (χ2n) is 6.82. The van der Waals surface area contributed by atoms with Gasteiger partial charge in [-0.05, 0) is 37.3 Å². The van der Waals surface area contributed by atoms with Crippen LogP contribution < -0.4 is 5.32 Å².